The third-order valence-electron chi connectivity index (χ3n) is 4.67. The minimum atomic E-state index is -1.99. The summed E-state index contributed by atoms with van der Waals surface area (Å²) in [5, 5.41) is 23.8. The first kappa shape index (κ1) is 16.6. The van der Waals surface area contributed by atoms with Crippen molar-refractivity contribution in [3.05, 3.63) is 0 Å². The number of aliphatic hydroxyl groups is 2. The molecule has 2 aliphatic heterocycles. The molecule has 11 heteroatoms. The van der Waals surface area contributed by atoms with Gasteiger partial charge in [0.2, 0.25) is 11.6 Å². The Bertz CT molecular complexity index is 553. The molecule has 2 unspecified atom stereocenters. The summed E-state index contributed by atoms with van der Waals surface area (Å²) >= 11 is 0. The molecule has 11 N–H and O–H groups in total. The smallest absolute Gasteiger partial charge is 0.404 e. The van der Waals surface area contributed by atoms with E-state index in [0.717, 1.165) is 0 Å². The summed E-state index contributed by atoms with van der Waals surface area (Å²) in [7, 11) is 0. The van der Waals surface area contributed by atoms with Gasteiger partial charge >= 0.3 is 12.1 Å². The fraction of sp³-hybridized carbons (Fsp3) is 0.727. The van der Waals surface area contributed by atoms with Crippen LogP contribution in [0.15, 0.2) is 0 Å². The molecule has 0 saturated heterocycles. The Labute approximate surface area is 132 Å². The average Bonchev–Trinajstić information content (AvgIpc) is 2.85. The summed E-state index contributed by atoms with van der Waals surface area (Å²) in [6.45, 7) is -0.0762. The Morgan fingerprint density at radius 3 is 2.73 bits per heavy atom. The summed E-state index contributed by atoms with van der Waals surface area (Å²) in [5.74, 6) is -1.69. The zero-order valence-corrected chi connectivity index (χ0v) is 12.5. The predicted octanol–water partition coefficient (Wildman–Crippen LogP) is -6.48. The summed E-state index contributed by atoms with van der Waals surface area (Å²) in [6, 6.07) is -1.02. The molecule has 0 radical (unpaired) electrons. The van der Waals surface area contributed by atoms with Gasteiger partial charge in [-0.3, -0.25) is 26.8 Å². The van der Waals surface area contributed by atoms with E-state index in [9.17, 15) is 15.0 Å². The molecule has 0 aromatic heterocycles. The summed E-state index contributed by atoms with van der Waals surface area (Å²) in [4.78, 5) is 16.8. The van der Waals surface area contributed by atoms with E-state index in [1.54, 1.807) is 0 Å². The van der Waals surface area contributed by atoms with Gasteiger partial charge in [-0.15, -0.1) is 12.4 Å². The molecule has 3 aliphatic rings. The number of hydrogen-bond donors (Lipinski definition) is 8. The summed E-state index contributed by atoms with van der Waals surface area (Å²) < 4.78 is 4.81. The van der Waals surface area contributed by atoms with E-state index in [1.807, 2.05) is 0 Å². The number of nitrogens with one attached hydrogen (secondary N) is 3. The number of carbonyl (C=O) groups excluding carboxylic acids is 1. The van der Waals surface area contributed by atoms with E-state index >= 15 is 0 Å². The number of amides is 1. The molecule has 1 amide bonds. The van der Waals surface area contributed by atoms with Gasteiger partial charge in [0.25, 0.3) is 0 Å². The van der Waals surface area contributed by atoms with Crippen molar-refractivity contribution in [2.75, 3.05) is 6.61 Å². The van der Waals surface area contributed by atoms with Crippen molar-refractivity contribution in [2.24, 2.45) is 23.1 Å². The lowest BCUT2D eigenvalue weighted by atomic mass is 9.72. The molecule has 1 spiro atoms. The minimum absolute atomic E-state index is 0. The minimum Gasteiger partial charge on any atom is -0.445 e. The molecule has 0 aromatic carbocycles. The molecule has 22 heavy (non-hydrogen) atoms. The van der Waals surface area contributed by atoms with Crippen LogP contribution in [0.5, 0.6) is 0 Å². The highest BCUT2D eigenvalue weighted by Crippen LogP contribution is 2.45. The maximum absolute atomic E-state index is 10.8. The van der Waals surface area contributed by atoms with Crippen LogP contribution in [-0.2, 0) is 4.74 Å². The fourth-order valence-electron chi connectivity index (χ4n) is 3.86. The molecule has 1 saturated carbocycles. The van der Waals surface area contributed by atoms with Crippen LogP contribution in [0.3, 0.4) is 0 Å². The van der Waals surface area contributed by atoms with Gasteiger partial charge in [-0.25, -0.2) is 4.79 Å². The third kappa shape index (κ3) is 2.06. The molecular formula is C11H21ClN6O4+2. The predicted molar refractivity (Wildman–Crippen MR) is 76.4 cm³/mol. The zero-order valence-electron chi connectivity index (χ0n) is 11.7. The first-order valence-electron chi connectivity index (χ1n) is 6.71. The van der Waals surface area contributed by atoms with E-state index in [4.69, 9.17) is 21.9 Å². The lowest BCUT2D eigenvalue weighted by molar-refractivity contribution is -0.622. The van der Waals surface area contributed by atoms with Crippen LogP contribution in [0.25, 0.3) is 0 Å². The number of carbonyl (C=O) groups is 1. The van der Waals surface area contributed by atoms with Crippen molar-refractivity contribution in [1.29, 1.82) is 0 Å². The van der Waals surface area contributed by atoms with Gasteiger partial charge in [0.1, 0.15) is 12.5 Å². The molecule has 0 aromatic rings. The van der Waals surface area contributed by atoms with Crippen molar-refractivity contribution in [1.82, 2.24) is 5.32 Å². The second-order valence-electron chi connectivity index (χ2n) is 5.77. The van der Waals surface area contributed by atoms with Crippen molar-refractivity contribution in [3.63, 3.8) is 0 Å². The van der Waals surface area contributed by atoms with Gasteiger partial charge in [0.05, 0.1) is 0 Å². The van der Waals surface area contributed by atoms with E-state index < -0.39 is 29.5 Å². The topological polar surface area (TPSA) is 185 Å². The maximum atomic E-state index is 10.8. The van der Waals surface area contributed by atoms with E-state index in [0.29, 0.717) is 12.3 Å². The molecule has 1 aliphatic carbocycles. The number of primary amides is 1. The molecule has 2 heterocycles. The average molecular weight is 337 g/mol. The van der Waals surface area contributed by atoms with Gasteiger partial charge in [-0.05, 0) is 6.42 Å². The quantitative estimate of drug-likeness (QED) is 0.230. The van der Waals surface area contributed by atoms with Crippen LogP contribution in [0.4, 0.5) is 4.79 Å². The molecule has 1 fully saturated rings. The molecule has 0 bridgehead atoms. The number of rotatable bonds is 2. The highest BCUT2D eigenvalue weighted by Gasteiger charge is 2.74. The van der Waals surface area contributed by atoms with Crippen LogP contribution in [0, 0.1) is 5.92 Å². The van der Waals surface area contributed by atoms with Gasteiger partial charge in [0, 0.05) is 6.42 Å². The van der Waals surface area contributed by atoms with E-state index in [1.165, 1.54) is 0 Å². The second kappa shape index (κ2) is 5.14. The first-order chi connectivity index (χ1) is 9.78. The first-order valence-corrected chi connectivity index (χ1v) is 6.71. The Balaban J connectivity index is 0.00000176. The highest BCUT2D eigenvalue weighted by atomic mass is 35.5. The Kier molecular flexibility index (Phi) is 3.88. The SMILES string of the molecule is Cl.NC(=O)OCC1[NH+]=C(N)C2CCC(O)(O)[C@@]23NC(N)=[NH+][C@@H]13. The largest absolute Gasteiger partial charge is 0.445 e. The Morgan fingerprint density at radius 1 is 1.41 bits per heavy atom. The number of hydrogen-bond acceptors (Lipinski definition) is 7. The van der Waals surface area contributed by atoms with E-state index in [-0.39, 0.29) is 37.3 Å². The standard InChI is InChI=1S/C11H18N6O4.ClH/c12-7-4-1-2-10(19,20)11(4)6(16-8(13)17-11)5(15-7)3-21-9(14)18;/h4-6,19-20H,1-3H2,(H2,12,15)(H2,14,18)(H3,13,16,17);1H/p+2/t4?,5?,6-,11+;/m0./s1. The van der Waals surface area contributed by atoms with Crippen molar-refractivity contribution in [3.8, 4) is 0 Å². The van der Waals surface area contributed by atoms with Crippen molar-refractivity contribution >= 4 is 30.3 Å². The summed E-state index contributed by atoms with van der Waals surface area (Å²) in [5.41, 5.74) is 15.6. The maximum Gasteiger partial charge on any atom is 0.404 e. The van der Waals surface area contributed by atoms with Crippen molar-refractivity contribution in [2.45, 2.75) is 36.3 Å². The zero-order chi connectivity index (χ0) is 15.4. The van der Waals surface area contributed by atoms with Crippen LogP contribution < -0.4 is 32.5 Å². The van der Waals surface area contributed by atoms with Gasteiger partial charge in [-0.1, -0.05) is 0 Å². The van der Waals surface area contributed by atoms with Gasteiger partial charge in [-0.2, -0.15) is 0 Å². The van der Waals surface area contributed by atoms with Gasteiger partial charge < -0.3 is 20.7 Å². The lowest BCUT2D eigenvalue weighted by Gasteiger charge is -2.42. The van der Waals surface area contributed by atoms with Crippen LogP contribution in [0.2, 0.25) is 0 Å². The molecular weight excluding hydrogens is 316 g/mol. The van der Waals surface area contributed by atoms with Crippen LogP contribution >= 0.6 is 12.4 Å². The number of halogens is 1. The Hall–Kier alpha value is -1.78. The van der Waals surface area contributed by atoms with Gasteiger partial charge in [0.15, 0.2) is 17.6 Å². The highest BCUT2D eigenvalue weighted by molar-refractivity contribution is 5.85. The summed E-state index contributed by atoms with van der Waals surface area (Å²) in [6.07, 6.45) is -0.268. The molecule has 4 atom stereocenters. The van der Waals surface area contributed by atoms with Crippen molar-refractivity contribution < 1.29 is 29.7 Å². The number of amidine groups is 1. The van der Waals surface area contributed by atoms with Crippen LogP contribution in [-0.4, -0.2) is 58.1 Å². The Morgan fingerprint density at radius 2 is 2.09 bits per heavy atom. The second-order valence-corrected chi connectivity index (χ2v) is 5.77. The number of nitrogens with two attached hydrogens (primary N) is 3. The third-order valence-corrected chi connectivity index (χ3v) is 4.67. The normalized spacial score (nSPS) is 37.8. The molecule has 10 nitrogen and oxygen atoms in total. The monoisotopic (exact) mass is 336 g/mol. The fourth-order valence-corrected chi connectivity index (χ4v) is 3.86. The molecule has 124 valence electrons. The van der Waals surface area contributed by atoms with Crippen LogP contribution in [0.1, 0.15) is 12.8 Å². The number of guanidine groups is 1. The molecule has 3 rings (SSSR count). The number of ether oxygens (including phenoxy) is 1. The van der Waals surface area contributed by atoms with E-state index in [2.05, 4.69) is 15.3 Å². The lowest BCUT2D eigenvalue weighted by Crippen LogP contribution is -3.02.